The summed E-state index contributed by atoms with van der Waals surface area (Å²) in [5.41, 5.74) is 5.47. The smallest absolute Gasteiger partial charge is 0.352 e. The number of hydrogen-bond acceptors (Lipinski definition) is 6. The van der Waals surface area contributed by atoms with Crippen LogP contribution in [-0.2, 0) is 0 Å². The van der Waals surface area contributed by atoms with Gasteiger partial charge in [0.1, 0.15) is 5.69 Å². The van der Waals surface area contributed by atoms with Crippen molar-refractivity contribution >= 4 is 11.6 Å². The third-order valence-corrected chi connectivity index (χ3v) is 2.69. The summed E-state index contributed by atoms with van der Waals surface area (Å²) in [6, 6.07) is 0. The normalized spacial score (nSPS) is 14.6. The maximum absolute atomic E-state index is 10.9. The predicted molar refractivity (Wildman–Crippen MR) is 60.7 cm³/mol. The number of ether oxygens (including phenoxy) is 1. The Kier molecular flexibility index (Phi) is 3.08. The fourth-order valence-corrected chi connectivity index (χ4v) is 1.60. The molecule has 0 bridgehead atoms. The molecule has 1 aromatic heterocycles. The Morgan fingerprint density at radius 3 is 2.82 bits per heavy atom. The van der Waals surface area contributed by atoms with Crippen molar-refractivity contribution in [3.8, 4) is 5.88 Å². The van der Waals surface area contributed by atoms with E-state index in [0.717, 1.165) is 6.42 Å². The van der Waals surface area contributed by atoms with Crippen molar-refractivity contribution in [3.05, 3.63) is 15.8 Å². The molecule has 7 heteroatoms. The van der Waals surface area contributed by atoms with Crippen molar-refractivity contribution in [3.63, 3.8) is 0 Å². The van der Waals surface area contributed by atoms with Crippen LogP contribution in [0.4, 0.5) is 11.6 Å². The molecule has 0 amide bonds. The number of nitro groups is 1. The van der Waals surface area contributed by atoms with Crippen LogP contribution in [0.2, 0.25) is 0 Å². The van der Waals surface area contributed by atoms with E-state index >= 15 is 0 Å². The molecule has 0 unspecified atom stereocenters. The summed E-state index contributed by atoms with van der Waals surface area (Å²) in [5, 5.41) is 10.9. The molecule has 1 saturated carbocycles. The van der Waals surface area contributed by atoms with Gasteiger partial charge in [0.25, 0.3) is 5.88 Å². The van der Waals surface area contributed by atoms with E-state index in [1.807, 2.05) is 0 Å². The Balaban J connectivity index is 2.14. The van der Waals surface area contributed by atoms with E-state index < -0.39 is 4.92 Å². The highest BCUT2D eigenvalue weighted by Crippen LogP contribution is 2.33. The number of aryl methyl sites for hydroxylation is 1. The van der Waals surface area contributed by atoms with Crippen LogP contribution in [0.15, 0.2) is 0 Å². The molecule has 1 aliphatic rings. The van der Waals surface area contributed by atoms with Gasteiger partial charge in [0.05, 0.1) is 11.5 Å². The second-order valence-electron chi connectivity index (χ2n) is 4.16. The quantitative estimate of drug-likeness (QED) is 0.615. The molecule has 1 aromatic rings. The van der Waals surface area contributed by atoms with Crippen LogP contribution in [-0.4, -0.2) is 21.5 Å². The minimum atomic E-state index is -0.540. The summed E-state index contributed by atoms with van der Waals surface area (Å²) in [7, 11) is 0. The standard InChI is InChI=1S/C10H14N4O3/c1-6-8(14(15)16)9(13-10(11)12-6)17-5-4-7-2-3-7/h7H,2-5H2,1H3,(H2,11,12,13). The van der Waals surface area contributed by atoms with Crippen molar-refractivity contribution in [1.82, 2.24) is 9.97 Å². The fourth-order valence-electron chi connectivity index (χ4n) is 1.60. The van der Waals surface area contributed by atoms with Gasteiger partial charge in [-0.15, -0.1) is 0 Å². The van der Waals surface area contributed by atoms with Crippen LogP contribution in [0.25, 0.3) is 0 Å². The van der Waals surface area contributed by atoms with E-state index in [0.29, 0.717) is 12.5 Å². The van der Waals surface area contributed by atoms with Crippen LogP contribution in [0.5, 0.6) is 5.88 Å². The molecule has 2 N–H and O–H groups in total. The molecule has 1 heterocycles. The van der Waals surface area contributed by atoms with Crippen molar-refractivity contribution in [2.45, 2.75) is 26.2 Å². The maximum Gasteiger partial charge on any atom is 0.352 e. The molecule has 0 aromatic carbocycles. The number of aromatic nitrogens is 2. The first kappa shape index (κ1) is 11.6. The van der Waals surface area contributed by atoms with Gasteiger partial charge in [0, 0.05) is 0 Å². The molecule has 0 spiro atoms. The van der Waals surface area contributed by atoms with Crippen LogP contribution in [0.3, 0.4) is 0 Å². The van der Waals surface area contributed by atoms with E-state index in [1.165, 1.54) is 19.8 Å². The lowest BCUT2D eigenvalue weighted by molar-refractivity contribution is -0.387. The molecule has 0 saturated heterocycles. The monoisotopic (exact) mass is 238 g/mol. The number of hydrogen-bond donors (Lipinski definition) is 1. The van der Waals surface area contributed by atoms with E-state index in [2.05, 4.69) is 9.97 Å². The summed E-state index contributed by atoms with van der Waals surface area (Å²) in [6.07, 6.45) is 3.34. The summed E-state index contributed by atoms with van der Waals surface area (Å²) in [4.78, 5) is 17.9. The molecule has 17 heavy (non-hydrogen) atoms. The van der Waals surface area contributed by atoms with Crippen LogP contribution >= 0.6 is 0 Å². The minimum absolute atomic E-state index is 0.00507. The van der Waals surface area contributed by atoms with Gasteiger partial charge in [-0.1, -0.05) is 12.8 Å². The Bertz CT molecular complexity index is 445. The van der Waals surface area contributed by atoms with Crippen LogP contribution in [0.1, 0.15) is 25.0 Å². The molecule has 0 atom stereocenters. The zero-order chi connectivity index (χ0) is 12.4. The number of nitrogens with two attached hydrogens (primary N) is 1. The Morgan fingerprint density at radius 2 is 2.24 bits per heavy atom. The van der Waals surface area contributed by atoms with Crippen molar-refractivity contribution in [2.24, 2.45) is 5.92 Å². The first-order chi connectivity index (χ1) is 8.08. The highest BCUT2D eigenvalue weighted by molar-refractivity contribution is 5.47. The van der Waals surface area contributed by atoms with Gasteiger partial charge in [0.2, 0.25) is 5.95 Å². The molecular weight excluding hydrogens is 224 g/mol. The van der Waals surface area contributed by atoms with Gasteiger partial charge in [-0.05, 0) is 19.3 Å². The van der Waals surface area contributed by atoms with Crippen LogP contribution < -0.4 is 10.5 Å². The lowest BCUT2D eigenvalue weighted by atomic mass is 10.3. The zero-order valence-corrected chi connectivity index (χ0v) is 9.55. The van der Waals surface area contributed by atoms with E-state index in [-0.39, 0.29) is 23.2 Å². The molecule has 0 radical (unpaired) electrons. The lowest BCUT2D eigenvalue weighted by Gasteiger charge is -2.07. The zero-order valence-electron chi connectivity index (χ0n) is 9.55. The molecule has 0 aliphatic heterocycles. The predicted octanol–water partition coefficient (Wildman–Crippen LogP) is 1.45. The molecule has 7 nitrogen and oxygen atoms in total. The van der Waals surface area contributed by atoms with Crippen molar-refractivity contribution < 1.29 is 9.66 Å². The van der Waals surface area contributed by atoms with Gasteiger partial charge in [-0.25, -0.2) is 4.98 Å². The average Bonchev–Trinajstić information content (AvgIpc) is 2.99. The average molecular weight is 238 g/mol. The second kappa shape index (κ2) is 4.52. The van der Waals surface area contributed by atoms with Crippen LogP contribution in [0, 0.1) is 23.0 Å². The summed E-state index contributed by atoms with van der Waals surface area (Å²) >= 11 is 0. The number of anilines is 1. The third-order valence-electron chi connectivity index (χ3n) is 2.69. The summed E-state index contributed by atoms with van der Waals surface area (Å²) in [6.45, 7) is 1.95. The number of nitrogen functional groups attached to an aromatic ring is 1. The number of nitrogens with zero attached hydrogens (tertiary/aromatic N) is 3. The molecular formula is C10H14N4O3. The fraction of sp³-hybridized carbons (Fsp3) is 0.600. The maximum atomic E-state index is 10.9. The lowest BCUT2D eigenvalue weighted by Crippen LogP contribution is -2.08. The highest BCUT2D eigenvalue weighted by Gasteiger charge is 2.25. The van der Waals surface area contributed by atoms with Gasteiger partial charge in [-0.2, -0.15) is 4.98 Å². The van der Waals surface area contributed by atoms with E-state index in [1.54, 1.807) is 0 Å². The molecule has 1 fully saturated rings. The minimum Gasteiger partial charge on any atom is -0.473 e. The second-order valence-corrected chi connectivity index (χ2v) is 4.16. The topological polar surface area (TPSA) is 104 Å². The summed E-state index contributed by atoms with van der Waals surface area (Å²) < 4.78 is 5.34. The summed E-state index contributed by atoms with van der Waals surface area (Å²) in [5.74, 6) is 0.671. The van der Waals surface area contributed by atoms with Crippen molar-refractivity contribution in [2.75, 3.05) is 12.3 Å². The van der Waals surface area contributed by atoms with Gasteiger partial charge in [-0.3, -0.25) is 10.1 Å². The first-order valence-corrected chi connectivity index (χ1v) is 5.49. The third kappa shape index (κ3) is 2.80. The van der Waals surface area contributed by atoms with Gasteiger partial charge >= 0.3 is 5.69 Å². The largest absolute Gasteiger partial charge is 0.473 e. The molecule has 2 rings (SSSR count). The van der Waals surface area contributed by atoms with E-state index in [4.69, 9.17) is 10.5 Å². The van der Waals surface area contributed by atoms with Gasteiger partial charge in [0.15, 0.2) is 0 Å². The SMILES string of the molecule is Cc1nc(N)nc(OCCC2CC2)c1[N+](=O)[O-]. The Morgan fingerprint density at radius 1 is 1.53 bits per heavy atom. The Labute approximate surface area is 98.2 Å². The van der Waals surface area contributed by atoms with Gasteiger partial charge < -0.3 is 10.5 Å². The van der Waals surface area contributed by atoms with Crippen molar-refractivity contribution in [1.29, 1.82) is 0 Å². The Hall–Kier alpha value is -1.92. The highest BCUT2D eigenvalue weighted by atomic mass is 16.6. The molecule has 1 aliphatic carbocycles. The van der Waals surface area contributed by atoms with E-state index in [9.17, 15) is 10.1 Å². The first-order valence-electron chi connectivity index (χ1n) is 5.49. The number of rotatable bonds is 5. The molecule has 92 valence electrons.